The fourth-order valence-electron chi connectivity index (χ4n) is 2.40. The van der Waals surface area contributed by atoms with Crippen molar-refractivity contribution in [2.45, 2.75) is 25.0 Å². The zero-order valence-electron chi connectivity index (χ0n) is 11.5. The van der Waals surface area contributed by atoms with E-state index in [-0.39, 0.29) is 17.4 Å². The number of aromatic amines is 1. The van der Waals surface area contributed by atoms with Gasteiger partial charge < -0.3 is 10.1 Å². The van der Waals surface area contributed by atoms with Gasteiger partial charge in [-0.05, 0) is 36.1 Å². The molecule has 0 saturated heterocycles. The van der Waals surface area contributed by atoms with Gasteiger partial charge in [0.05, 0.1) is 17.5 Å². The zero-order chi connectivity index (χ0) is 14.9. The average Bonchev–Trinajstić information content (AvgIpc) is 3.18. The van der Waals surface area contributed by atoms with Crippen molar-refractivity contribution in [1.29, 1.82) is 0 Å². The van der Waals surface area contributed by atoms with Gasteiger partial charge in [0.25, 0.3) is 5.56 Å². The molecule has 5 nitrogen and oxygen atoms in total. The van der Waals surface area contributed by atoms with Crippen molar-refractivity contribution in [1.82, 2.24) is 9.97 Å². The van der Waals surface area contributed by atoms with Gasteiger partial charge in [-0.25, -0.2) is 4.98 Å². The SMILES string of the molecule is O=C(O)CC1(CSCc2nc3ccccc3[nH]c2=O)CC1. The van der Waals surface area contributed by atoms with E-state index >= 15 is 0 Å². The molecule has 0 spiro atoms. The van der Waals surface area contributed by atoms with E-state index in [9.17, 15) is 9.59 Å². The van der Waals surface area contributed by atoms with E-state index in [1.165, 1.54) is 0 Å². The number of para-hydroxylation sites is 2. The molecule has 110 valence electrons. The van der Waals surface area contributed by atoms with Crippen molar-refractivity contribution >= 4 is 28.8 Å². The summed E-state index contributed by atoms with van der Waals surface area (Å²) in [5.74, 6) is 0.546. The lowest BCUT2D eigenvalue weighted by Crippen LogP contribution is -2.15. The molecule has 0 amide bonds. The molecule has 1 aliphatic carbocycles. The first-order valence-corrected chi connectivity index (χ1v) is 8.01. The lowest BCUT2D eigenvalue weighted by molar-refractivity contribution is -0.138. The fourth-order valence-corrected chi connectivity index (χ4v) is 3.71. The van der Waals surface area contributed by atoms with E-state index < -0.39 is 5.97 Å². The molecule has 21 heavy (non-hydrogen) atoms. The van der Waals surface area contributed by atoms with E-state index in [2.05, 4.69) is 9.97 Å². The highest BCUT2D eigenvalue weighted by Crippen LogP contribution is 2.51. The Morgan fingerprint density at radius 2 is 2.14 bits per heavy atom. The Balaban J connectivity index is 1.67. The molecule has 1 fully saturated rings. The maximum Gasteiger partial charge on any atom is 0.303 e. The first-order valence-electron chi connectivity index (χ1n) is 6.86. The number of aliphatic carboxylic acids is 1. The summed E-state index contributed by atoms with van der Waals surface area (Å²) in [6.07, 6.45) is 2.16. The van der Waals surface area contributed by atoms with Crippen LogP contribution in [0.1, 0.15) is 25.0 Å². The quantitative estimate of drug-likeness (QED) is 0.856. The van der Waals surface area contributed by atoms with E-state index in [0.29, 0.717) is 11.4 Å². The number of aromatic nitrogens is 2. The summed E-state index contributed by atoms with van der Waals surface area (Å²) in [4.78, 5) is 30.0. The minimum Gasteiger partial charge on any atom is -0.481 e. The number of carboxylic acid groups (broad SMARTS) is 1. The topological polar surface area (TPSA) is 83.0 Å². The first kappa shape index (κ1) is 14.1. The Hall–Kier alpha value is -1.82. The number of hydrogen-bond acceptors (Lipinski definition) is 4. The second kappa shape index (κ2) is 5.52. The Bertz CT molecular complexity index is 737. The molecule has 1 aromatic carbocycles. The second-order valence-electron chi connectivity index (χ2n) is 5.59. The zero-order valence-corrected chi connectivity index (χ0v) is 12.3. The first-order chi connectivity index (χ1) is 10.1. The van der Waals surface area contributed by atoms with Gasteiger partial charge in [0.15, 0.2) is 0 Å². The lowest BCUT2D eigenvalue weighted by Gasteiger charge is -2.11. The summed E-state index contributed by atoms with van der Waals surface area (Å²) in [5.41, 5.74) is 1.80. The molecular weight excluding hydrogens is 288 g/mol. The van der Waals surface area contributed by atoms with Crippen LogP contribution in [0.25, 0.3) is 11.0 Å². The highest BCUT2D eigenvalue weighted by atomic mass is 32.2. The lowest BCUT2D eigenvalue weighted by atomic mass is 10.1. The molecule has 3 rings (SSSR count). The monoisotopic (exact) mass is 304 g/mol. The molecule has 6 heteroatoms. The standard InChI is InChI=1S/C15H16N2O3S/c18-13(19)7-15(5-6-15)9-21-8-12-14(20)17-11-4-2-1-3-10(11)16-12/h1-4H,5-9H2,(H,17,20)(H,18,19). The molecule has 1 saturated carbocycles. The molecule has 0 radical (unpaired) electrons. The average molecular weight is 304 g/mol. The molecule has 0 aliphatic heterocycles. The van der Waals surface area contributed by atoms with E-state index in [4.69, 9.17) is 5.11 Å². The van der Waals surface area contributed by atoms with Gasteiger partial charge in [0, 0.05) is 5.75 Å². The summed E-state index contributed by atoms with van der Waals surface area (Å²) in [6, 6.07) is 7.44. The molecule has 1 aromatic heterocycles. The van der Waals surface area contributed by atoms with E-state index in [1.54, 1.807) is 11.8 Å². The van der Waals surface area contributed by atoms with Crippen LogP contribution in [0.4, 0.5) is 0 Å². The smallest absolute Gasteiger partial charge is 0.303 e. The highest BCUT2D eigenvalue weighted by molar-refractivity contribution is 7.98. The third-order valence-corrected chi connectivity index (χ3v) is 5.09. The third kappa shape index (κ3) is 3.26. The van der Waals surface area contributed by atoms with E-state index in [0.717, 1.165) is 29.6 Å². The van der Waals surface area contributed by atoms with Gasteiger partial charge in [0.1, 0.15) is 5.69 Å². The molecule has 1 heterocycles. The van der Waals surface area contributed by atoms with Crippen LogP contribution < -0.4 is 5.56 Å². The van der Waals surface area contributed by atoms with Crippen molar-refractivity contribution in [2.75, 3.05) is 5.75 Å². The number of nitrogens with zero attached hydrogens (tertiary/aromatic N) is 1. The van der Waals surface area contributed by atoms with Crippen LogP contribution in [-0.2, 0) is 10.5 Å². The van der Waals surface area contributed by atoms with Crippen LogP contribution >= 0.6 is 11.8 Å². The van der Waals surface area contributed by atoms with Gasteiger partial charge in [-0.15, -0.1) is 0 Å². The Morgan fingerprint density at radius 1 is 1.38 bits per heavy atom. The van der Waals surface area contributed by atoms with Crippen LogP contribution in [0.15, 0.2) is 29.1 Å². The van der Waals surface area contributed by atoms with E-state index in [1.807, 2.05) is 24.3 Å². The predicted octanol–water partition coefficient (Wildman–Crippen LogP) is 2.41. The summed E-state index contributed by atoms with van der Waals surface area (Å²) >= 11 is 1.59. The third-order valence-electron chi connectivity index (χ3n) is 3.80. The van der Waals surface area contributed by atoms with Crippen LogP contribution in [0, 0.1) is 5.41 Å². The molecule has 0 unspecified atom stereocenters. The van der Waals surface area contributed by atoms with Crippen molar-refractivity contribution < 1.29 is 9.90 Å². The minimum absolute atomic E-state index is 0.0554. The number of H-pyrrole nitrogens is 1. The number of benzene rings is 1. The Kier molecular flexibility index (Phi) is 3.71. The summed E-state index contributed by atoms with van der Waals surface area (Å²) in [6.45, 7) is 0. The van der Waals surface area contributed by atoms with Crippen LogP contribution in [-0.4, -0.2) is 26.8 Å². The molecule has 0 bridgehead atoms. The summed E-state index contributed by atoms with van der Waals surface area (Å²) in [5, 5.41) is 8.89. The predicted molar refractivity (Wildman–Crippen MR) is 82.4 cm³/mol. The number of fused-ring (bicyclic) bond motifs is 1. The molecule has 2 N–H and O–H groups in total. The Morgan fingerprint density at radius 3 is 2.86 bits per heavy atom. The number of hydrogen-bond donors (Lipinski definition) is 2. The van der Waals surface area contributed by atoms with Gasteiger partial charge in [-0.2, -0.15) is 11.8 Å². The molecule has 1 aliphatic rings. The number of carboxylic acids is 1. The molecule has 0 atom stereocenters. The highest BCUT2D eigenvalue weighted by Gasteiger charge is 2.44. The maximum atomic E-state index is 12.0. The Labute approximate surface area is 125 Å². The number of rotatable bonds is 6. The number of nitrogens with one attached hydrogen (secondary N) is 1. The van der Waals surface area contributed by atoms with Gasteiger partial charge in [-0.3, -0.25) is 9.59 Å². The molecule has 2 aromatic rings. The van der Waals surface area contributed by atoms with Gasteiger partial charge in [0.2, 0.25) is 0 Å². The maximum absolute atomic E-state index is 12.0. The van der Waals surface area contributed by atoms with Gasteiger partial charge >= 0.3 is 5.97 Å². The van der Waals surface area contributed by atoms with Crippen molar-refractivity contribution in [3.05, 3.63) is 40.3 Å². The van der Waals surface area contributed by atoms with Crippen LogP contribution in [0.3, 0.4) is 0 Å². The largest absolute Gasteiger partial charge is 0.481 e. The number of carbonyl (C=O) groups is 1. The van der Waals surface area contributed by atoms with Crippen molar-refractivity contribution in [3.63, 3.8) is 0 Å². The fraction of sp³-hybridized carbons (Fsp3) is 0.400. The molecular formula is C15H16N2O3S. The summed E-state index contributed by atoms with van der Waals surface area (Å²) in [7, 11) is 0. The van der Waals surface area contributed by atoms with Crippen molar-refractivity contribution in [2.24, 2.45) is 5.41 Å². The van der Waals surface area contributed by atoms with Crippen molar-refractivity contribution in [3.8, 4) is 0 Å². The normalized spacial score (nSPS) is 16.0. The van der Waals surface area contributed by atoms with Gasteiger partial charge in [-0.1, -0.05) is 12.1 Å². The minimum atomic E-state index is -0.741. The second-order valence-corrected chi connectivity index (χ2v) is 6.58. The summed E-state index contributed by atoms with van der Waals surface area (Å²) < 4.78 is 0. The number of thioether (sulfide) groups is 1. The van der Waals surface area contributed by atoms with Crippen LogP contribution in [0.2, 0.25) is 0 Å². The van der Waals surface area contributed by atoms with Crippen LogP contribution in [0.5, 0.6) is 0 Å².